The molecule has 0 aromatic rings. The smallest absolute Gasteiger partial charge is 0.0937 e. The Bertz CT molecular complexity index is 254. The number of amidine groups is 2. The Morgan fingerprint density at radius 1 is 0.944 bits per heavy atom. The molecule has 0 aliphatic carbocycles. The van der Waals surface area contributed by atoms with E-state index in [0.717, 1.165) is 55.5 Å². The van der Waals surface area contributed by atoms with Gasteiger partial charge in [0.05, 0.1) is 24.8 Å². The second-order valence-electron chi connectivity index (χ2n) is 3.85. The van der Waals surface area contributed by atoms with E-state index < -0.39 is 0 Å². The van der Waals surface area contributed by atoms with E-state index in [1.54, 1.807) is 0 Å². The fraction of sp³-hybridized carbons (Fsp3) is 0.833. The van der Waals surface area contributed by atoms with Crippen LogP contribution in [0.5, 0.6) is 0 Å². The van der Waals surface area contributed by atoms with Crippen LogP contribution in [0.1, 0.15) is 39.5 Å². The van der Waals surface area contributed by atoms with Crippen molar-refractivity contribution < 1.29 is 0 Å². The zero-order valence-corrected chi connectivity index (χ0v) is 13.2. The first-order chi connectivity index (χ1) is 8.70. The predicted octanol–water partition coefficient (Wildman–Crippen LogP) is 2.68. The maximum atomic E-state index is 5.77. The highest BCUT2D eigenvalue weighted by Gasteiger charge is 1.93. The molecule has 0 spiro atoms. The van der Waals surface area contributed by atoms with Crippen LogP contribution in [0.3, 0.4) is 0 Å². The highest BCUT2D eigenvalue weighted by atomic mass is 33.1. The van der Waals surface area contributed by atoms with E-state index in [1.807, 2.05) is 28.5 Å². The summed E-state index contributed by atoms with van der Waals surface area (Å²) in [6.07, 6.45) is 4.07. The fourth-order valence-electron chi connectivity index (χ4n) is 1.12. The summed E-state index contributed by atoms with van der Waals surface area (Å²) in [4.78, 5) is 8.57. The predicted molar refractivity (Wildman–Crippen MR) is 87.7 cm³/mol. The van der Waals surface area contributed by atoms with Gasteiger partial charge in [-0.05, 0) is 6.42 Å². The monoisotopic (exact) mass is 290 g/mol. The van der Waals surface area contributed by atoms with Crippen LogP contribution in [-0.4, -0.2) is 36.3 Å². The molecule has 4 N–H and O–H groups in total. The van der Waals surface area contributed by atoms with Crippen LogP contribution in [0, 0.1) is 0 Å². The van der Waals surface area contributed by atoms with Gasteiger partial charge in [0.25, 0.3) is 0 Å². The zero-order chi connectivity index (χ0) is 13.6. The number of nitrogens with zero attached hydrogens (tertiary/aromatic N) is 2. The van der Waals surface area contributed by atoms with E-state index >= 15 is 0 Å². The number of hydrogen-bond acceptors (Lipinski definition) is 4. The molecule has 0 aliphatic rings. The Balaban J connectivity index is 3.35. The van der Waals surface area contributed by atoms with Crippen LogP contribution >= 0.6 is 21.6 Å². The molecular formula is C12H26N4S2. The summed E-state index contributed by atoms with van der Waals surface area (Å²) >= 11 is 0. The van der Waals surface area contributed by atoms with Crippen molar-refractivity contribution in [3.05, 3.63) is 0 Å². The number of aliphatic imine (C=N–C) groups is 2. The van der Waals surface area contributed by atoms with Crippen molar-refractivity contribution in [1.82, 2.24) is 0 Å². The van der Waals surface area contributed by atoms with Crippen LogP contribution < -0.4 is 11.5 Å². The minimum Gasteiger partial charge on any atom is -0.387 e. The van der Waals surface area contributed by atoms with E-state index in [0.29, 0.717) is 0 Å². The lowest BCUT2D eigenvalue weighted by Gasteiger charge is -2.00. The van der Waals surface area contributed by atoms with Crippen molar-refractivity contribution in [3.63, 3.8) is 0 Å². The molecular weight excluding hydrogens is 264 g/mol. The maximum Gasteiger partial charge on any atom is 0.0937 e. The highest BCUT2D eigenvalue weighted by Crippen LogP contribution is 2.20. The molecule has 6 heteroatoms. The average Bonchev–Trinajstić information content (AvgIpc) is 2.38. The lowest BCUT2D eigenvalue weighted by atomic mass is 10.2. The fourth-order valence-corrected chi connectivity index (χ4v) is 2.84. The maximum absolute atomic E-state index is 5.77. The Hall–Kier alpha value is -0.360. The van der Waals surface area contributed by atoms with Gasteiger partial charge in [0.2, 0.25) is 0 Å². The first kappa shape index (κ1) is 17.6. The third-order valence-corrected chi connectivity index (χ3v) is 4.58. The average molecular weight is 291 g/mol. The molecule has 0 fully saturated rings. The summed E-state index contributed by atoms with van der Waals surface area (Å²) in [5.41, 5.74) is 11.4. The molecule has 0 aromatic carbocycles. The van der Waals surface area contributed by atoms with E-state index in [4.69, 9.17) is 11.5 Å². The molecule has 106 valence electrons. The minimum atomic E-state index is 0.744. The molecule has 0 bridgehead atoms. The van der Waals surface area contributed by atoms with Gasteiger partial charge in [0, 0.05) is 24.3 Å². The SMILES string of the molecule is CCCCC(N)=NCCSSCCN=C(N)CC. The molecule has 0 saturated carbocycles. The van der Waals surface area contributed by atoms with Gasteiger partial charge in [0.15, 0.2) is 0 Å². The molecule has 18 heavy (non-hydrogen) atoms. The van der Waals surface area contributed by atoms with Crippen LogP contribution in [-0.2, 0) is 0 Å². The van der Waals surface area contributed by atoms with Crippen molar-refractivity contribution >= 4 is 33.3 Å². The summed E-state index contributed by atoms with van der Waals surface area (Å²) in [6, 6.07) is 0. The van der Waals surface area contributed by atoms with Gasteiger partial charge in [-0.3, -0.25) is 9.98 Å². The second kappa shape index (κ2) is 13.1. The number of rotatable bonds is 11. The first-order valence-corrected chi connectivity index (χ1v) is 9.01. The van der Waals surface area contributed by atoms with E-state index in [-0.39, 0.29) is 0 Å². The van der Waals surface area contributed by atoms with Crippen LogP contribution in [0.25, 0.3) is 0 Å². The molecule has 0 unspecified atom stereocenters. The van der Waals surface area contributed by atoms with E-state index in [9.17, 15) is 0 Å². The van der Waals surface area contributed by atoms with Crippen molar-refractivity contribution in [2.75, 3.05) is 24.6 Å². The van der Waals surface area contributed by atoms with Gasteiger partial charge in [-0.15, -0.1) is 0 Å². The van der Waals surface area contributed by atoms with Crippen molar-refractivity contribution in [3.8, 4) is 0 Å². The summed E-state index contributed by atoms with van der Waals surface area (Å²) in [7, 11) is 3.64. The highest BCUT2D eigenvalue weighted by molar-refractivity contribution is 8.76. The molecule has 0 amide bonds. The molecule has 0 rings (SSSR count). The Kier molecular flexibility index (Phi) is 12.8. The van der Waals surface area contributed by atoms with Crippen LogP contribution in [0.15, 0.2) is 9.98 Å². The Morgan fingerprint density at radius 2 is 1.50 bits per heavy atom. The van der Waals surface area contributed by atoms with Crippen molar-refractivity contribution in [2.45, 2.75) is 39.5 Å². The van der Waals surface area contributed by atoms with Crippen molar-refractivity contribution in [1.29, 1.82) is 0 Å². The van der Waals surface area contributed by atoms with Crippen LogP contribution in [0.4, 0.5) is 0 Å². The van der Waals surface area contributed by atoms with Crippen LogP contribution in [0.2, 0.25) is 0 Å². The topological polar surface area (TPSA) is 76.8 Å². The Morgan fingerprint density at radius 3 is 2.00 bits per heavy atom. The largest absolute Gasteiger partial charge is 0.387 e. The molecule has 0 aliphatic heterocycles. The molecule has 0 saturated heterocycles. The van der Waals surface area contributed by atoms with E-state index in [2.05, 4.69) is 16.9 Å². The first-order valence-electron chi connectivity index (χ1n) is 6.52. The van der Waals surface area contributed by atoms with E-state index in [1.165, 1.54) is 6.42 Å². The van der Waals surface area contributed by atoms with Gasteiger partial charge in [-0.2, -0.15) is 0 Å². The standard InChI is InChI=1S/C12H26N4S2/c1-3-5-6-12(14)16-8-10-18-17-9-7-15-11(13)4-2/h3-10H2,1-2H3,(H2,13,15)(H2,14,16). The van der Waals surface area contributed by atoms with Crippen molar-refractivity contribution in [2.24, 2.45) is 21.5 Å². The molecule has 4 nitrogen and oxygen atoms in total. The summed E-state index contributed by atoms with van der Waals surface area (Å²) in [6.45, 7) is 5.79. The van der Waals surface area contributed by atoms with Gasteiger partial charge < -0.3 is 11.5 Å². The summed E-state index contributed by atoms with van der Waals surface area (Å²) < 4.78 is 0. The molecule has 0 heterocycles. The number of unbranched alkanes of at least 4 members (excludes halogenated alkanes) is 1. The lowest BCUT2D eigenvalue weighted by molar-refractivity contribution is 0.827. The third kappa shape index (κ3) is 12.1. The third-order valence-electron chi connectivity index (χ3n) is 2.21. The van der Waals surface area contributed by atoms with Gasteiger partial charge in [-0.25, -0.2) is 0 Å². The van der Waals surface area contributed by atoms with Gasteiger partial charge in [-0.1, -0.05) is 41.9 Å². The lowest BCUT2D eigenvalue weighted by Crippen LogP contribution is -2.12. The summed E-state index contributed by atoms with van der Waals surface area (Å²) in [5.74, 6) is 3.54. The van der Waals surface area contributed by atoms with Gasteiger partial charge in [0.1, 0.15) is 0 Å². The Labute approximate surface area is 119 Å². The molecule has 0 aromatic heterocycles. The minimum absolute atomic E-state index is 0.744. The zero-order valence-electron chi connectivity index (χ0n) is 11.5. The number of hydrogen-bond donors (Lipinski definition) is 2. The van der Waals surface area contributed by atoms with Gasteiger partial charge >= 0.3 is 0 Å². The normalized spacial score (nSPS) is 13.0. The second-order valence-corrected chi connectivity index (χ2v) is 6.55. The summed E-state index contributed by atoms with van der Waals surface area (Å²) in [5, 5.41) is 0. The molecule has 0 atom stereocenters. The number of nitrogens with two attached hydrogens (primary N) is 2. The molecule has 0 radical (unpaired) electrons. The quantitative estimate of drug-likeness (QED) is 0.265.